The summed E-state index contributed by atoms with van der Waals surface area (Å²) in [7, 11) is 0. The molecule has 3 heterocycles. The highest BCUT2D eigenvalue weighted by atomic mass is 19.1. The van der Waals surface area contributed by atoms with Gasteiger partial charge in [0.05, 0.1) is 5.52 Å². The summed E-state index contributed by atoms with van der Waals surface area (Å²) in [5.41, 5.74) is 1.88. The van der Waals surface area contributed by atoms with Crippen molar-refractivity contribution in [2.75, 3.05) is 5.32 Å². The van der Waals surface area contributed by atoms with Gasteiger partial charge in [0, 0.05) is 48.2 Å². The number of halogens is 1. The number of nitrogens with one attached hydrogen (secondary N) is 1. The lowest BCUT2D eigenvalue weighted by Crippen LogP contribution is -2.41. The maximum Gasteiger partial charge on any atom is 0.332 e. The number of rotatable bonds is 4. The molecule has 4 aromatic rings. The Balaban J connectivity index is 1.24. The molecule has 2 fully saturated rings. The van der Waals surface area contributed by atoms with E-state index < -0.39 is 0 Å². The molecule has 3 aromatic heterocycles. The number of fused-ring (bicyclic) bond motifs is 2. The van der Waals surface area contributed by atoms with E-state index in [2.05, 4.69) is 25.3 Å². The lowest BCUT2D eigenvalue weighted by Gasteiger charge is -2.36. The van der Waals surface area contributed by atoms with Crippen molar-refractivity contribution in [1.29, 1.82) is 0 Å². The first-order valence-electron chi connectivity index (χ1n) is 9.79. The largest absolute Gasteiger partial charge is 0.351 e. The molecule has 2 aliphatic carbocycles. The second-order valence-electron chi connectivity index (χ2n) is 7.82. The van der Waals surface area contributed by atoms with E-state index in [-0.39, 0.29) is 29.6 Å². The molecule has 0 saturated heterocycles. The van der Waals surface area contributed by atoms with Gasteiger partial charge in [0.2, 0.25) is 5.95 Å². The number of imidazole rings is 1. The van der Waals surface area contributed by atoms with Crippen molar-refractivity contribution < 1.29 is 4.39 Å². The highest BCUT2D eigenvalue weighted by Gasteiger charge is 2.37. The van der Waals surface area contributed by atoms with E-state index in [1.807, 2.05) is 0 Å². The summed E-state index contributed by atoms with van der Waals surface area (Å²) in [4.78, 5) is 30.6. The molecule has 0 spiro atoms. The van der Waals surface area contributed by atoms with E-state index in [9.17, 15) is 9.18 Å². The average molecular weight is 391 g/mol. The molecule has 0 amide bonds. The standard InChI is InChI=1S/C20H18FN7O/c21-12-2-1-11-10-24-19(26-16(11)7-12)25-13-8-15(9-13)28-18-17(22-5-6-23-18)27(20(28)29)14-3-4-14/h1-2,5-7,10,13-15H,3-4,8-9H2,(H,24,25,26)/t13-,15-. The lowest BCUT2D eigenvalue weighted by atomic mass is 9.86. The van der Waals surface area contributed by atoms with Crippen molar-refractivity contribution in [3.63, 3.8) is 0 Å². The fourth-order valence-corrected chi connectivity index (χ4v) is 4.12. The topological polar surface area (TPSA) is 90.5 Å². The maximum absolute atomic E-state index is 13.4. The first-order chi connectivity index (χ1) is 14.2. The molecule has 146 valence electrons. The van der Waals surface area contributed by atoms with Crippen molar-refractivity contribution >= 4 is 28.1 Å². The third-order valence-corrected chi connectivity index (χ3v) is 5.80. The van der Waals surface area contributed by atoms with Gasteiger partial charge in [-0.25, -0.2) is 29.1 Å². The van der Waals surface area contributed by atoms with E-state index in [0.717, 1.165) is 31.1 Å². The first kappa shape index (κ1) is 16.6. The Bertz CT molecular complexity index is 1300. The maximum atomic E-state index is 13.4. The molecule has 1 N–H and O–H groups in total. The van der Waals surface area contributed by atoms with E-state index in [4.69, 9.17) is 0 Å². The Morgan fingerprint density at radius 2 is 1.72 bits per heavy atom. The summed E-state index contributed by atoms with van der Waals surface area (Å²) in [5.74, 6) is 0.150. The summed E-state index contributed by atoms with van der Waals surface area (Å²) in [6.45, 7) is 0. The van der Waals surface area contributed by atoms with Crippen molar-refractivity contribution in [3.8, 4) is 0 Å². The van der Waals surface area contributed by atoms with Gasteiger partial charge in [0.1, 0.15) is 5.82 Å². The normalized spacial score (nSPS) is 21.4. The zero-order valence-electron chi connectivity index (χ0n) is 15.5. The second kappa shape index (κ2) is 6.07. The predicted octanol–water partition coefficient (Wildman–Crippen LogP) is 2.83. The molecule has 2 saturated carbocycles. The minimum absolute atomic E-state index is 0.0189. The van der Waals surface area contributed by atoms with Gasteiger partial charge in [-0.05, 0) is 37.8 Å². The first-order valence-corrected chi connectivity index (χ1v) is 9.79. The van der Waals surface area contributed by atoms with Crippen LogP contribution in [0.25, 0.3) is 22.2 Å². The predicted molar refractivity (Wildman–Crippen MR) is 105 cm³/mol. The van der Waals surface area contributed by atoms with Gasteiger partial charge in [-0.15, -0.1) is 0 Å². The van der Waals surface area contributed by atoms with Gasteiger partial charge < -0.3 is 5.32 Å². The summed E-state index contributed by atoms with van der Waals surface area (Å²) in [6, 6.07) is 4.93. The summed E-state index contributed by atoms with van der Waals surface area (Å²) >= 11 is 0. The lowest BCUT2D eigenvalue weighted by molar-refractivity contribution is 0.279. The Kier molecular flexibility index (Phi) is 3.47. The molecule has 6 rings (SSSR count). The molecule has 0 radical (unpaired) electrons. The number of nitrogens with zero attached hydrogens (tertiary/aromatic N) is 6. The van der Waals surface area contributed by atoms with Gasteiger partial charge in [-0.3, -0.25) is 9.13 Å². The van der Waals surface area contributed by atoms with Crippen LogP contribution in [-0.2, 0) is 0 Å². The van der Waals surface area contributed by atoms with Crippen LogP contribution in [-0.4, -0.2) is 35.1 Å². The van der Waals surface area contributed by atoms with Crippen LogP contribution < -0.4 is 11.0 Å². The molecule has 0 aliphatic heterocycles. The molecular formula is C20H18FN7O. The number of aromatic nitrogens is 6. The molecule has 0 unspecified atom stereocenters. The van der Waals surface area contributed by atoms with Crippen molar-refractivity contribution in [3.05, 3.63) is 53.1 Å². The monoisotopic (exact) mass is 391 g/mol. The fraction of sp³-hybridized carbons (Fsp3) is 0.350. The Labute approximate surface area is 164 Å². The van der Waals surface area contributed by atoms with E-state index in [0.29, 0.717) is 22.8 Å². The number of hydrogen-bond donors (Lipinski definition) is 1. The molecule has 8 nitrogen and oxygen atoms in total. The average Bonchev–Trinajstić information content (AvgIpc) is 3.48. The minimum Gasteiger partial charge on any atom is -0.351 e. The van der Waals surface area contributed by atoms with Gasteiger partial charge >= 0.3 is 5.69 Å². The third-order valence-electron chi connectivity index (χ3n) is 5.80. The quantitative estimate of drug-likeness (QED) is 0.575. The summed E-state index contributed by atoms with van der Waals surface area (Å²) in [5, 5.41) is 4.09. The molecule has 29 heavy (non-hydrogen) atoms. The molecule has 1 aromatic carbocycles. The third kappa shape index (κ3) is 2.68. The number of benzene rings is 1. The number of anilines is 1. The highest BCUT2D eigenvalue weighted by molar-refractivity contribution is 5.78. The minimum atomic E-state index is -0.321. The highest BCUT2D eigenvalue weighted by Crippen LogP contribution is 2.38. The van der Waals surface area contributed by atoms with E-state index in [1.54, 1.807) is 33.8 Å². The SMILES string of the molecule is O=c1n(C2CC2)c2nccnc2n1[C@H]1C[C@H](Nc2ncc3ccc(F)cc3n2)C1. The zero-order valence-corrected chi connectivity index (χ0v) is 15.5. The Hall–Kier alpha value is -3.36. The van der Waals surface area contributed by atoms with E-state index >= 15 is 0 Å². The van der Waals surface area contributed by atoms with E-state index in [1.165, 1.54) is 12.1 Å². The fourth-order valence-electron chi connectivity index (χ4n) is 4.12. The van der Waals surface area contributed by atoms with Crippen LogP contribution in [0.5, 0.6) is 0 Å². The van der Waals surface area contributed by atoms with Crippen LogP contribution in [0.15, 0.2) is 41.6 Å². The van der Waals surface area contributed by atoms with Crippen LogP contribution >= 0.6 is 0 Å². The van der Waals surface area contributed by atoms with Gasteiger partial charge in [0.25, 0.3) is 0 Å². The van der Waals surface area contributed by atoms with Gasteiger partial charge in [0.15, 0.2) is 11.3 Å². The Morgan fingerprint density at radius 1 is 1.00 bits per heavy atom. The van der Waals surface area contributed by atoms with Crippen LogP contribution in [0.4, 0.5) is 10.3 Å². The molecular weight excluding hydrogens is 373 g/mol. The summed E-state index contributed by atoms with van der Waals surface area (Å²) < 4.78 is 17.0. The zero-order chi connectivity index (χ0) is 19.5. The van der Waals surface area contributed by atoms with Crippen LogP contribution in [0.1, 0.15) is 37.8 Å². The molecule has 0 bridgehead atoms. The smallest absolute Gasteiger partial charge is 0.332 e. The van der Waals surface area contributed by atoms with Crippen LogP contribution in [0.2, 0.25) is 0 Å². The van der Waals surface area contributed by atoms with Crippen molar-refractivity contribution in [1.82, 2.24) is 29.1 Å². The number of hydrogen-bond acceptors (Lipinski definition) is 6. The van der Waals surface area contributed by atoms with Crippen LogP contribution in [0.3, 0.4) is 0 Å². The molecule has 0 atom stereocenters. The van der Waals surface area contributed by atoms with Gasteiger partial charge in [-0.1, -0.05) is 0 Å². The van der Waals surface area contributed by atoms with Crippen molar-refractivity contribution in [2.45, 2.75) is 43.8 Å². The summed E-state index contributed by atoms with van der Waals surface area (Å²) in [6.07, 6.45) is 8.52. The van der Waals surface area contributed by atoms with Gasteiger partial charge in [-0.2, -0.15) is 0 Å². The van der Waals surface area contributed by atoms with Crippen molar-refractivity contribution in [2.24, 2.45) is 0 Å². The second-order valence-corrected chi connectivity index (χ2v) is 7.82. The molecule has 2 aliphatic rings. The Morgan fingerprint density at radius 3 is 2.45 bits per heavy atom. The molecule has 9 heteroatoms. The van der Waals surface area contributed by atoms with Crippen LogP contribution in [0, 0.1) is 5.82 Å².